The Bertz CT molecular complexity index is 1000. The van der Waals surface area contributed by atoms with Crippen LogP contribution >= 0.6 is 73.9 Å². The molecule has 0 N–H and O–H groups in total. The maximum absolute atomic E-state index is 12.6. The third-order valence-corrected chi connectivity index (χ3v) is 6.57. The van der Waals surface area contributed by atoms with Gasteiger partial charge in [0, 0.05) is 21.2 Å². The fourth-order valence-corrected chi connectivity index (χ4v) is 5.31. The first kappa shape index (κ1) is 29.1. The highest BCUT2D eigenvalue weighted by atomic mass is 79.9. The van der Waals surface area contributed by atoms with Crippen LogP contribution in [-0.2, 0) is 0 Å². The van der Waals surface area contributed by atoms with Crippen molar-refractivity contribution in [2.24, 2.45) is 0 Å². The monoisotopic (exact) mass is 643 g/mol. The third-order valence-electron chi connectivity index (χ3n) is 5.59. The van der Waals surface area contributed by atoms with Gasteiger partial charge in [-0.15, -0.1) is 0 Å². The molecule has 6 rings (SSSR count). The predicted octanol–water partition coefficient (Wildman–Crippen LogP) is 5.94. The number of carbonyl (C=O) groups is 2. The predicted molar refractivity (Wildman–Crippen MR) is 147 cm³/mol. The number of hydrogen-bond acceptors (Lipinski definition) is 5. The zero-order chi connectivity index (χ0) is 25.6. The normalized spacial score (nSPS) is 25.9. The number of nitrogens with zero attached hydrogens (tertiary/aromatic N) is 4. The van der Waals surface area contributed by atoms with E-state index >= 15 is 0 Å². The molecule has 0 aliphatic carbocycles. The van der Waals surface area contributed by atoms with Crippen molar-refractivity contribution in [3.63, 3.8) is 0 Å². The third kappa shape index (κ3) is 8.82. The van der Waals surface area contributed by atoms with Crippen molar-refractivity contribution < 1.29 is 14.1 Å². The first-order valence-electron chi connectivity index (χ1n) is 10.7. The summed E-state index contributed by atoms with van der Waals surface area (Å²) in [7, 11) is 0. The van der Waals surface area contributed by atoms with E-state index in [-0.39, 0.29) is 11.6 Å². The van der Waals surface area contributed by atoms with Crippen molar-refractivity contribution in [3.05, 3.63) is 69.7 Å². The molecule has 0 saturated carbocycles. The minimum atomic E-state index is -0.750. The van der Waals surface area contributed by atoms with Crippen molar-refractivity contribution in [1.82, 2.24) is 14.7 Å². The van der Waals surface area contributed by atoms with Crippen molar-refractivity contribution in [2.75, 3.05) is 51.9 Å². The summed E-state index contributed by atoms with van der Waals surface area (Å²) in [4.78, 5) is 30.9. The zero-order valence-electron chi connectivity index (χ0n) is 18.7. The van der Waals surface area contributed by atoms with Gasteiger partial charge in [0.25, 0.3) is 0 Å². The molecule has 0 amide bonds. The molecule has 190 valence electrons. The van der Waals surface area contributed by atoms with Gasteiger partial charge in [-0.1, -0.05) is 98.2 Å². The van der Waals surface area contributed by atoms with Gasteiger partial charge in [-0.2, -0.15) is 0 Å². The molecule has 4 aliphatic rings. The smallest absolute Gasteiger partial charge is 0.217 e. The Morgan fingerprint density at radius 1 is 0.800 bits per heavy atom. The van der Waals surface area contributed by atoms with Crippen molar-refractivity contribution in [2.45, 2.75) is 4.30 Å². The van der Waals surface area contributed by atoms with Crippen LogP contribution in [0.5, 0.6) is 0 Å². The number of Topliss-reactive ketones (excluding diaryl/α,β-unsaturated/α-hetero) is 2. The second kappa shape index (κ2) is 13.4. The molecule has 0 radical (unpaired) electrons. The highest BCUT2D eigenvalue weighted by molar-refractivity contribution is 9.09. The molecule has 12 heteroatoms. The lowest BCUT2D eigenvalue weighted by molar-refractivity contribution is -0.973. The van der Waals surface area contributed by atoms with Gasteiger partial charge in [-0.3, -0.25) is 14.1 Å². The fourth-order valence-electron chi connectivity index (χ4n) is 4.60. The molecule has 4 aliphatic heterocycles. The molecule has 4 fully saturated rings. The molecule has 4 saturated heterocycles. The van der Waals surface area contributed by atoms with E-state index in [1.165, 1.54) is 0 Å². The second-order valence-electron chi connectivity index (χ2n) is 8.61. The number of hydrogen-bond donors (Lipinski definition) is 0. The number of ketones is 2. The highest BCUT2D eigenvalue weighted by Crippen LogP contribution is 2.29. The van der Waals surface area contributed by atoms with E-state index in [2.05, 4.69) is 30.6 Å². The number of quaternary nitrogens is 1. The van der Waals surface area contributed by atoms with E-state index in [9.17, 15) is 9.59 Å². The molecule has 6 nitrogen and oxygen atoms in total. The average Bonchev–Trinajstić information content (AvgIpc) is 2.77. The Morgan fingerprint density at radius 2 is 1.20 bits per heavy atom. The van der Waals surface area contributed by atoms with Crippen LogP contribution in [0.1, 0.15) is 20.7 Å². The summed E-state index contributed by atoms with van der Waals surface area (Å²) in [6.07, 6.45) is 0. The van der Waals surface area contributed by atoms with Crippen LogP contribution in [0.2, 0.25) is 10.0 Å². The van der Waals surface area contributed by atoms with Crippen molar-refractivity contribution in [3.8, 4) is 0 Å². The highest BCUT2D eigenvalue weighted by Gasteiger charge is 2.49. The van der Waals surface area contributed by atoms with Gasteiger partial charge in [-0.25, -0.2) is 14.7 Å². The minimum Gasteiger partial charge on any atom is -0.293 e. The van der Waals surface area contributed by atoms with Crippen LogP contribution in [0.4, 0.5) is 0 Å². The Hall–Kier alpha value is -0.450. The van der Waals surface area contributed by atoms with Crippen molar-refractivity contribution >= 4 is 85.5 Å². The Kier molecular flexibility index (Phi) is 11.1. The fraction of sp³-hybridized carbons (Fsp3) is 0.391. The van der Waals surface area contributed by atoms with Gasteiger partial charge in [0.05, 0.1) is 25.3 Å². The molecule has 0 atom stereocenters. The molecule has 35 heavy (non-hydrogen) atoms. The average molecular weight is 647 g/mol. The lowest BCUT2D eigenvalue weighted by Gasteiger charge is -2.60. The number of benzene rings is 2. The van der Waals surface area contributed by atoms with Gasteiger partial charge >= 0.3 is 0 Å². The molecule has 0 unspecified atom stereocenters. The van der Waals surface area contributed by atoms with Gasteiger partial charge in [-0.05, 0) is 24.3 Å². The van der Waals surface area contributed by atoms with Crippen LogP contribution in [0, 0.1) is 0 Å². The molecule has 0 aromatic heterocycles. The van der Waals surface area contributed by atoms with E-state index in [1.54, 1.807) is 36.4 Å². The van der Waals surface area contributed by atoms with Crippen LogP contribution in [0.3, 0.4) is 0 Å². The summed E-state index contributed by atoms with van der Waals surface area (Å²) in [5.41, 5.74) is 1.38. The Labute approximate surface area is 238 Å². The van der Waals surface area contributed by atoms with Crippen molar-refractivity contribution in [1.29, 1.82) is 0 Å². The summed E-state index contributed by atoms with van der Waals surface area (Å²) < 4.78 is 0.0886. The largest absolute Gasteiger partial charge is 0.293 e. The maximum Gasteiger partial charge on any atom is 0.217 e. The zero-order valence-corrected chi connectivity index (χ0v) is 24.1. The van der Waals surface area contributed by atoms with Gasteiger partial charge in [0.15, 0.2) is 10.1 Å². The van der Waals surface area contributed by atoms with E-state index in [1.807, 2.05) is 12.1 Å². The summed E-state index contributed by atoms with van der Waals surface area (Å²) in [6, 6.07) is 14.2. The minimum absolute atomic E-state index is 0.0486. The van der Waals surface area contributed by atoms with E-state index in [4.69, 9.17) is 58.0 Å². The Morgan fingerprint density at radius 3 is 1.57 bits per heavy atom. The van der Waals surface area contributed by atoms with Crippen LogP contribution in [0.25, 0.3) is 0 Å². The topological polar surface area (TPSA) is 43.9 Å². The number of rotatable bonds is 5. The summed E-state index contributed by atoms with van der Waals surface area (Å²) in [5.74, 6) is 0.241. The lowest BCUT2D eigenvalue weighted by Crippen LogP contribution is -2.79. The first-order valence-corrected chi connectivity index (χ1v) is 13.9. The van der Waals surface area contributed by atoms with E-state index in [0.717, 1.165) is 50.1 Å². The number of alkyl halides is 4. The quantitative estimate of drug-likeness (QED) is 0.229. The summed E-state index contributed by atoms with van der Waals surface area (Å²) in [5, 5.41) is 1.56. The molecular formula is C23H25BrCl5N4O2+. The standard InChI is InChI=1S/C14H18ClN4O.C8H6BrClO.CHCl3/c15-13-3-1-2-12(4-13)14(20)5-19-9-16-6-17(10-19)8-18(7-16)11-19;9-5-8(11)6-2-1-3-7(10)4-6;2-1(3)4/h1-4H,5-11H2;1-4H,5H2;1H/q+1;;. The van der Waals surface area contributed by atoms with Gasteiger partial charge < -0.3 is 0 Å². The Balaban J connectivity index is 0.000000193. The van der Waals surface area contributed by atoms with E-state index < -0.39 is 4.30 Å². The molecular weight excluding hydrogens is 621 g/mol. The van der Waals surface area contributed by atoms with Crippen LogP contribution in [0.15, 0.2) is 48.5 Å². The van der Waals surface area contributed by atoms with Gasteiger partial charge in [0.2, 0.25) is 5.78 Å². The molecule has 4 heterocycles. The maximum atomic E-state index is 12.6. The molecule has 4 bridgehead atoms. The number of carbonyl (C=O) groups excluding carboxylic acids is 2. The summed E-state index contributed by atoms with van der Waals surface area (Å²) in [6.45, 7) is 6.65. The summed E-state index contributed by atoms with van der Waals surface area (Å²) >= 11 is 29.2. The van der Waals surface area contributed by atoms with Crippen LogP contribution < -0.4 is 0 Å². The second-order valence-corrected chi connectivity index (χ2v) is 12.0. The SMILES string of the molecule is ClC(Cl)Cl.O=C(CBr)c1cccc(Cl)c1.O=C(C[N+]12CN3CN(CN(C3)C1)C2)c1cccc(Cl)c1. The number of halogens is 6. The first-order chi connectivity index (χ1) is 16.6. The van der Waals surface area contributed by atoms with Gasteiger partial charge in [0.1, 0.15) is 26.6 Å². The molecule has 0 spiro atoms. The van der Waals surface area contributed by atoms with Crippen LogP contribution in [-0.4, -0.2) is 86.9 Å². The molecule has 2 aromatic carbocycles. The lowest BCUT2D eigenvalue weighted by atomic mass is 10.1. The molecule has 2 aromatic rings. The van der Waals surface area contributed by atoms with E-state index in [0.29, 0.717) is 27.5 Å².